The fourth-order valence-electron chi connectivity index (χ4n) is 1.96. The number of nitrogens with two attached hydrogens (primary N) is 1. The van der Waals surface area contributed by atoms with Gasteiger partial charge in [-0.15, -0.1) is 0 Å². The molecule has 0 radical (unpaired) electrons. The van der Waals surface area contributed by atoms with E-state index in [1.165, 1.54) is 23.3 Å². The number of aliphatic hydroxyl groups is 1. The van der Waals surface area contributed by atoms with E-state index in [2.05, 4.69) is 4.98 Å². The van der Waals surface area contributed by atoms with Crippen molar-refractivity contribution in [3.05, 3.63) is 18.7 Å². The number of unbranched alkanes of at least 4 members (excludes halogenated alkanes) is 2. The zero-order valence-electron chi connectivity index (χ0n) is 14.5. The second-order valence-electron chi connectivity index (χ2n) is 6.12. The summed E-state index contributed by atoms with van der Waals surface area (Å²) in [5, 5.41) is 7.79. The van der Waals surface area contributed by atoms with Gasteiger partial charge in [-0.2, -0.15) is 0 Å². The standard InChI is InChI=1S/C13H27N3O8P2/c1-26(20,21,22)13(18,10-16-7-6-15-11-16)25(19)24-23-8-4-2-3-5-12(17)9-14/h6-7,11,18-22H,2-5,8-10,14H2,1H3/t13?,25-/m1/s1. The zero-order valence-corrected chi connectivity index (χ0v) is 16.3. The fourth-order valence-corrected chi connectivity index (χ4v) is 4.74. The number of imidazole rings is 1. The number of carbonyl (C=O) groups is 1. The van der Waals surface area contributed by atoms with Gasteiger partial charge in [-0.1, -0.05) is 0 Å². The predicted molar refractivity (Wildman–Crippen MR) is 95.4 cm³/mol. The molecule has 0 saturated carbocycles. The Morgan fingerprint density at radius 2 is 2.04 bits per heavy atom. The molecule has 1 unspecified atom stereocenters. The van der Waals surface area contributed by atoms with Crippen molar-refractivity contribution in [2.45, 2.75) is 37.3 Å². The van der Waals surface area contributed by atoms with E-state index >= 15 is 0 Å². The Kier molecular flexibility index (Phi) is 8.63. The Labute approximate surface area is 152 Å². The molecule has 1 aromatic rings. The van der Waals surface area contributed by atoms with Crippen molar-refractivity contribution in [1.29, 1.82) is 0 Å². The molecule has 1 rings (SSSR count). The molecule has 0 aliphatic carbocycles. The summed E-state index contributed by atoms with van der Waals surface area (Å²) in [7, 11) is -8.66. The van der Waals surface area contributed by atoms with Crippen molar-refractivity contribution in [2.24, 2.45) is 5.73 Å². The molecule has 1 aromatic heterocycles. The second-order valence-corrected chi connectivity index (χ2v) is 11.4. The molecule has 0 fully saturated rings. The quantitative estimate of drug-likeness (QED) is 0.109. The van der Waals surface area contributed by atoms with Crippen LogP contribution in [0.25, 0.3) is 0 Å². The zero-order chi connectivity index (χ0) is 19.9. The van der Waals surface area contributed by atoms with Crippen molar-refractivity contribution < 1.29 is 39.0 Å². The van der Waals surface area contributed by atoms with Crippen molar-refractivity contribution in [2.75, 3.05) is 19.8 Å². The van der Waals surface area contributed by atoms with Crippen molar-refractivity contribution in [3.63, 3.8) is 0 Å². The number of rotatable bonds is 13. The molecule has 0 aromatic carbocycles. The molecule has 152 valence electrons. The molecule has 1 heterocycles. The average Bonchev–Trinajstić information content (AvgIpc) is 3.04. The van der Waals surface area contributed by atoms with E-state index in [1.807, 2.05) is 0 Å². The Morgan fingerprint density at radius 3 is 2.58 bits per heavy atom. The van der Waals surface area contributed by atoms with Crippen molar-refractivity contribution in [3.8, 4) is 0 Å². The van der Waals surface area contributed by atoms with Crippen LogP contribution in [-0.4, -0.2) is 64.9 Å². The van der Waals surface area contributed by atoms with Gasteiger partial charge in [0.05, 0.1) is 0 Å². The van der Waals surface area contributed by atoms with E-state index in [4.69, 9.17) is 15.3 Å². The van der Waals surface area contributed by atoms with Gasteiger partial charge in [0.25, 0.3) is 0 Å². The normalized spacial score (nSPS) is 17.3. The van der Waals surface area contributed by atoms with E-state index in [1.54, 1.807) is 0 Å². The molecule has 0 amide bonds. The molecular formula is C13H27N3O8P2. The van der Waals surface area contributed by atoms with Gasteiger partial charge in [-0.3, -0.25) is 0 Å². The van der Waals surface area contributed by atoms with Gasteiger partial charge in [-0.25, -0.2) is 0 Å². The molecule has 11 nitrogen and oxygen atoms in total. The van der Waals surface area contributed by atoms with Crippen LogP contribution in [0.1, 0.15) is 25.7 Å². The average molecular weight is 415 g/mol. The number of hydrogen-bond acceptors (Lipinski definition) is 10. The predicted octanol–water partition coefficient (Wildman–Crippen LogP) is -0.225. The fraction of sp³-hybridized carbons (Fsp3) is 0.692. The van der Waals surface area contributed by atoms with Gasteiger partial charge in [-0.05, 0) is 0 Å². The second kappa shape index (κ2) is 9.57. The van der Waals surface area contributed by atoms with E-state index in [0.29, 0.717) is 32.3 Å². The summed E-state index contributed by atoms with van der Waals surface area (Å²) in [6.07, 6.45) is 6.22. The molecule has 26 heavy (non-hydrogen) atoms. The number of nitrogens with zero attached hydrogens (tertiary/aromatic N) is 2. The van der Waals surface area contributed by atoms with Gasteiger partial charge in [0.2, 0.25) is 0 Å². The third-order valence-electron chi connectivity index (χ3n) is 3.63. The SMILES string of the molecule is CP(O)(O)(O)C(O)(Cn1ccnc1)[P@](O)OOCCCCCC(=O)CN. The van der Waals surface area contributed by atoms with Crippen LogP contribution in [-0.2, 0) is 20.9 Å². The summed E-state index contributed by atoms with van der Waals surface area (Å²) in [6.45, 7) is 0.124. The summed E-state index contributed by atoms with van der Waals surface area (Å²) in [6, 6.07) is 0. The van der Waals surface area contributed by atoms with Crippen LogP contribution in [0.2, 0.25) is 0 Å². The summed E-state index contributed by atoms with van der Waals surface area (Å²) < 4.78 is 5.95. The summed E-state index contributed by atoms with van der Waals surface area (Å²) in [4.78, 5) is 59.6. The Bertz CT molecular complexity index is 556. The van der Waals surface area contributed by atoms with Gasteiger partial charge in [0.15, 0.2) is 0 Å². The molecule has 0 bridgehead atoms. The van der Waals surface area contributed by atoms with Crippen LogP contribution in [0.5, 0.6) is 0 Å². The van der Waals surface area contributed by atoms with Crippen LogP contribution in [0, 0.1) is 0 Å². The molecule has 0 spiro atoms. The third-order valence-corrected chi connectivity index (χ3v) is 8.37. The van der Waals surface area contributed by atoms with Crippen LogP contribution in [0.3, 0.4) is 0 Å². The maximum atomic E-state index is 11.0. The van der Waals surface area contributed by atoms with E-state index in [0.717, 1.165) is 0 Å². The number of ketones is 1. The molecule has 0 saturated heterocycles. The third kappa shape index (κ3) is 6.86. The van der Waals surface area contributed by atoms with E-state index < -0.39 is 27.3 Å². The Hall–Kier alpha value is -0.580. The first-order valence-electron chi connectivity index (χ1n) is 7.91. The van der Waals surface area contributed by atoms with Gasteiger partial charge in [0, 0.05) is 0 Å². The topological polar surface area (TPSA) is 181 Å². The van der Waals surface area contributed by atoms with Crippen LogP contribution < -0.4 is 5.73 Å². The minimum atomic E-state index is -5.68. The first-order valence-corrected chi connectivity index (χ1v) is 11.7. The first-order chi connectivity index (χ1) is 12.0. The first kappa shape index (κ1) is 23.5. The van der Waals surface area contributed by atoms with Crippen molar-refractivity contribution >= 4 is 21.4 Å². The Balaban J connectivity index is 2.51. The molecule has 0 aliphatic rings. The number of aromatic nitrogens is 2. The van der Waals surface area contributed by atoms with E-state index in [9.17, 15) is 29.5 Å². The molecule has 7 N–H and O–H groups in total. The number of carbonyl (C=O) groups excluding carboxylic acids is 1. The molecule has 0 aliphatic heterocycles. The monoisotopic (exact) mass is 415 g/mol. The van der Waals surface area contributed by atoms with E-state index in [-0.39, 0.29) is 18.9 Å². The summed E-state index contributed by atoms with van der Waals surface area (Å²) >= 11 is 0. The van der Waals surface area contributed by atoms with Crippen molar-refractivity contribution in [1.82, 2.24) is 9.55 Å². The van der Waals surface area contributed by atoms with Crippen LogP contribution in [0.15, 0.2) is 18.7 Å². The number of hydrogen-bond donors (Lipinski definition) is 6. The minimum absolute atomic E-state index is 0.0103. The molecule has 13 heteroatoms. The van der Waals surface area contributed by atoms with Gasteiger partial charge in [0.1, 0.15) is 0 Å². The molecular weight excluding hydrogens is 388 g/mol. The van der Waals surface area contributed by atoms with Crippen LogP contribution in [0.4, 0.5) is 0 Å². The molecule has 2 atom stereocenters. The Morgan fingerprint density at radius 1 is 1.35 bits per heavy atom. The van der Waals surface area contributed by atoms with Gasteiger partial charge < -0.3 is 0 Å². The summed E-state index contributed by atoms with van der Waals surface area (Å²) in [5.74, 6) is -0.0336. The number of Topliss-reactive ketones (excluding diaryl/α,β-unsaturated/α-hetero) is 1. The summed E-state index contributed by atoms with van der Waals surface area (Å²) in [5.41, 5.74) is 5.20. The maximum absolute atomic E-state index is 11.0. The van der Waals surface area contributed by atoms with Gasteiger partial charge >= 0.3 is 152 Å². The van der Waals surface area contributed by atoms with Crippen LogP contribution >= 0.6 is 15.7 Å².